The van der Waals surface area contributed by atoms with Crippen molar-refractivity contribution in [2.75, 3.05) is 48.4 Å². The summed E-state index contributed by atoms with van der Waals surface area (Å²) in [6, 6.07) is 6.50. The first-order chi connectivity index (χ1) is 16.8. The molecule has 2 amide bonds. The minimum Gasteiger partial charge on any atom is -0.484 e. The summed E-state index contributed by atoms with van der Waals surface area (Å²) >= 11 is 0. The fraction of sp³-hybridized carbons (Fsp3) is 0.320. The first kappa shape index (κ1) is 24.2. The predicted octanol–water partition coefficient (Wildman–Crippen LogP) is 3.15. The van der Waals surface area contributed by atoms with Crippen molar-refractivity contribution in [1.29, 1.82) is 0 Å². The molecular formula is C25H28FN5O4. The van der Waals surface area contributed by atoms with E-state index in [0.717, 1.165) is 5.56 Å². The third-order valence-electron chi connectivity index (χ3n) is 5.88. The molecule has 1 saturated heterocycles. The van der Waals surface area contributed by atoms with Crippen LogP contribution in [-0.4, -0.2) is 56.4 Å². The van der Waals surface area contributed by atoms with Crippen LogP contribution < -0.4 is 25.2 Å². The van der Waals surface area contributed by atoms with E-state index in [1.165, 1.54) is 21.9 Å². The number of hydrogen-bond donors (Lipinski definition) is 2. The van der Waals surface area contributed by atoms with Crippen molar-refractivity contribution in [2.45, 2.75) is 19.4 Å². The van der Waals surface area contributed by atoms with Crippen molar-refractivity contribution in [2.24, 2.45) is 0 Å². The summed E-state index contributed by atoms with van der Waals surface area (Å²) in [6.45, 7) is 10.7. The predicted molar refractivity (Wildman–Crippen MR) is 131 cm³/mol. The average Bonchev–Trinajstić information content (AvgIpc) is 3.22. The van der Waals surface area contributed by atoms with Crippen LogP contribution in [0.1, 0.15) is 11.1 Å². The minimum absolute atomic E-state index is 0.312. The molecule has 0 spiro atoms. The number of halogens is 1. The van der Waals surface area contributed by atoms with E-state index >= 15 is 0 Å². The molecule has 9 nitrogen and oxygen atoms in total. The van der Waals surface area contributed by atoms with Gasteiger partial charge in [0.05, 0.1) is 12.2 Å². The van der Waals surface area contributed by atoms with Gasteiger partial charge in [-0.2, -0.15) is 0 Å². The monoisotopic (exact) mass is 481 g/mol. The Morgan fingerprint density at radius 1 is 1.40 bits per heavy atom. The van der Waals surface area contributed by atoms with Gasteiger partial charge < -0.3 is 25.0 Å². The van der Waals surface area contributed by atoms with Crippen molar-refractivity contribution in [3.8, 4) is 5.75 Å². The Labute approximate surface area is 203 Å². The van der Waals surface area contributed by atoms with Crippen LogP contribution in [0.5, 0.6) is 5.75 Å². The van der Waals surface area contributed by atoms with Gasteiger partial charge in [-0.15, -0.1) is 0 Å². The highest BCUT2D eigenvalue weighted by Crippen LogP contribution is 2.31. The summed E-state index contributed by atoms with van der Waals surface area (Å²) in [5.74, 6) is 0.851. The van der Waals surface area contributed by atoms with E-state index in [9.17, 15) is 14.0 Å². The third kappa shape index (κ3) is 5.12. The zero-order chi connectivity index (χ0) is 25.1. The quantitative estimate of drug-likeness (QED) is 0.442. The van der Waals surface area contributed by atoms with Crippen LogP contribution in [0.4, 0.5) is 26.5 Å². The summed E-state index contributed by atoms with van der Waals surface area (Å²) < 4.78 is 25.6. The molecule has 0 aliphatic carbocycles. The topological polar surface area (TPSA) is 96.0 Å². The van der Waals surface area contributed by atoms with Gasteiger partial charge in [-0.25, -0.2) is 14.2 Å². The molecule has 1 atom stereocenters. The number of benzene rings is 1. The SMILES string of the molecule is C=CC(=O)N(C)c1c(C)ccc(F)c1CCNC[C@H]1CN(c2ccc3c(n2)NC(=C)CO3)C(=O)O1. The number of nitrogens with zero attached hydrogens (tertiary/aromatic N) is 3. The zero-order valence-corrected chi connectivity index (χ0v) is 19.8. The number of ether oxygens (including phenoxy) is 2. The number of amides is 2. The number of anilines is 3. The molecule has 3 heterocycles. The summed E-state index contributed by atoms with van der Waals surface area (Å²) in [4.78, 5) is 31.9. The van der Waals surface area contributed by atoms with Gasteiger partial charge in [0.15, 0.2) is 11.6 Å². The molecule has 0 bridgehead atoms. The van der Waals surface area contributed by atoms with Crippen molar-refractivity contribution in [3.63, 3.8) is 0 Å². The lowest BCUT2D eigenvalue weighted by atomic mass is 10.0. The number of rotatable bonds is 8. The molecule has 1 aromatic heterocycles. The number of fused-ring (bicyclic) bond motifs is 1. The second-order valence-electron chi connectivity index (χ2n) is 8.40. The molecular weight excluding hydrogens is 453 g/mol. The third-order valence-corrected chi connectivity index (χ3v) is 5.88. The number of likely N-dealkylation sites (N-methyl/N-ethyl adjacent to an activating group) is 1. The van der Waals surface area contributed by atoms with Crippen molar-refractivity contribution in [3.05, 3.63) is 66.1 Å². The van der Waals surface area contributed by atoms with Crippen LogP contribution in [0, 0.1) is 12.7 Å². The van der Waals surface area contributed by atoms with Crippen LogP contribution in [-0.2, 0) is 16.0 Å². The Hall–Kier alpha value is -3.92. The van der Waals surface area contributed by atoms with Crippen LogP contribution >= 0.6 is 0 Å². The highest BCUT2D eigenvalue weighted by atomic mass is 19.1. The lowest BCUT2D eigenvalue weighted by Crippen LogP contribution is -2.33. The standard InChI is InChI=1S/C25H28FN5O4/c1-5-22(32)30(4)23-15(2)6-7-19(26)18(23)10-11-27-12-17-13-31(25(33)35-17)21-9-8-20-24(29-21)28-16(3)14-34-20/h5-9,17,27H,1,3,10-14H2,2,4H3,(H,28,29)/t17-/m0/s1. The highest BCUT2D eigenvalue weighted by Gasteiger charge is 2.33. The molecule has 2 aliphatic rings. The van der Waals surface area contributed by atoms with Gasteiger partial charge in [-0.3, -0.25) is 9.69 Å². The molecule has 2 N–H and O–H groups in total. The summed E-state index contributed by atoms with van der Waals surface area (Å²) in [5.41, 5.74) is 2.45. The fourth-order valence-electron chi connectivity index (χ4n) is 4.13. The molecule has 2 aliphatic heterocycles. The molecule has 0 radical (unpaired) electrons. The lowest BCUT2D eigenvalue weighted by molar-refractivity contribution is -0.113. The Morgan fingerprint density at radius 2 is 2.20 bits per heavy atom. The van der Waals surface area contributed by atoms with Crippen LogP contribution in [0.15, 0.2) is 49.2 Å². The maximum atomic E-state index is 14.6. The summed E-state index contributed by atoms with van der Waals surface area (Å²) in [5, 5.41) is 6.28. The average molecular weight is 482 g/mol. The maximum absolute atomic E-state index is 14.6. The van der Waals surface area contributed by atoms with Gasteiger partial charge in [0.2, 0.25) is 5.91 Å². The molecule has 1 fully saturated rings. The molecule has 184 valence electrons. The Balaban J connectivity index is 1.35. The largest absolute Gasteiger partial charge is 0.484 e. The van der Waals surface area contributed by atoms with E-state index in [0.29, 0.717) is 67.0 Å². The number of aromatic nitrogens is 1. The van der Waals surface area contributed by atoms with Gasteiger partial charge in [-0.05, 0) is 49.7 Å². The number of carbonyl (C=O) groups is 2. The van der Waals surface area contributed by atoms with Crippen molar-refractivity contribution in [1.82, 2.24) is 10.3 Å². The number of cyclic esters (lactones) is 1. The molecule has 35 heavy (non-hydrogen) atoms. The van der Waals surface area contributed by atoms with E-state index < -0.39 is 12.2 Å². The van der Waals surface area contributed by atoms with Crippen LogP contribution in [0.2, 0.25) is 0 Å². The molecule has 4 rings (SSSR count). The summed E-state index contributed by atoms with van der Waals surface area (Å²) in [7, 11) is 1.60. The smallest absolute Gasteiger partial charge is 0.416 e. The molecule has 10 heteroatoms. The van der Waals surface area contributed by atoms with Gasteiger partial charge >= 0.3 is 6.09 Å². The van der Waals surface area contributed by atoms with E-state index in [2.05, 4.69) is 28.8 Å². The maximum Gasteiger partial charge on any atom is 0.416 e. The fourth-order valence-corrected chi connectivity index (χ4v) is 4.13. The van der Waals surface area contributed by atoms with Gasteiger partial charge in [0.25, 0.3) is 0 Å². The number of carbonyl (C=O) groups excluding carboxylic acids is 2. The minimum atomic E-state index is -0.489. The van der Waals surface area contributed by atoms with E-state index in [1.54, 1.807) is 25.2 Å². The van der Waals surface area contributed by atoms with Crippen LogP contribution in [0.25, 0.3) is 0 Å². The lowest BCUT2D eigenvalue weighted by Gasteiger charge is -2.22. The Kier molecular flexibility index (Phi) is 7.02. The number of hydrogen-bond acceptors (Lipinski definition) is 7. The first-order valence-corrected chi connectivity index (χ1v) is 11.2. The number of aryl methyl sites for hydroxylation is 1. The number of pyridine rings is 1. The normalized spacial score (nSPS) is 16.8. The van der Waals surface area contributed by atoms with Gasteiger partial charge in [-0.1, -0.05) is 19.2 Å². The van der Waals surface area contributed by atoms with E-state index in [1.807, 2.05) is 6.92 Å². The second-order valence-corrected chi connectivity index (χ2v) is 8.40. The highest BCUT2D eigenvalue weighted by molar-refractivity contribution is 6.01. The Bertz CT molecular complexity index is 1180. The first-order valence-electron chi connectivity index (χ1n) is 11.2. The number of nitrogens with one attached hydrogen (secondary N) is 2. The molecule has 2 aromatic rings. The molecule has 0 saturated carbocycles. The van der Waals surface area contributed by atoms with Gasteiger partial charge in [0, 0.05) is 24.9 Å². The van der Waals surface area contributed by atoms with E-state index in [-0.39, 0.29) is 11.7 Å². The zero-order valence-electron chi connectivity index (χ0n) is 19.8. The van der Waals surface area contributed by atoms with Crippen molar-refractivity contribution >= 4 is 29.3 Å². The summed E-state index contributed by atoms with van der Waals surface area (Å²) in [6.07, 6.45) is 0.663. The second kappa shape index (κ2) is 10.1. The van der Waals surface area contributed by atoms with Crippen molar-refractivity contribution < 1.29 is 23.5 Å². The van der Waals surface area contributed by atoms with E-state index in [4.69, 9.17) is 9.47 Å². The van der Waals surface area contributed by atoms with Gasteiger partial charge in [0.1, 0.15) is 24.3 Å². The Morgan fingerprint density at radius 3 is 2.97 bits per heavy atom. The molecule has 0 unspecified atom stereocenters. The molecule has 1 aromatic carbocycles. The van der Waals surface area contributed by atoms with Crippen LogP contribution in [0.3, 0.4) is 0 Å².